The van der Waals surface area contributed by atoms with Crippen molar-refractivity contribution in [2.24, 2.45) is 0 Å². The predicted molar refractivity (Wildman–Crippen MR) is 81.6 cm³/mol. The van der Waals surface area contributed by atoms with E-state index in [4.69, 9.17) is 5.26 Å². The molecular formula is C17H20N4. The average Bonchev–Trinajstić information content (AvgIpc) is 3.18. The van der Waals surface area contributed by atoms with Gasteiger partial charge in [0.25, 0.3) is 0 Å². The lowest BCUT2D eigenvalue weighted by Gasteiger charge is -2.26. The molecule has 1 saturated carbocycles. The minimum absolute atomic E-state index is 0.284. The van der Waals surface area contributed by atoms with Crippen molar-refractivity contribution in [3.05, 3.63) is 54.1 Å². The molecule has 3 rings (SSSR count). The van der Waals surface area contributed by atoms with Crippen LogP contribution in [0.5, 0.6) is 0 Å². The fourth-order valence-corrected chi connectivity index (χ4v) is 3.22. The Morgan fingerprint density at radius 1 is 1.33 bits per heavy atom. The summed E-state index contributed by atoms with van der Waals surface area (Å²) in [5.74, 6) is 0. The number of aromatic nitrogens is 2. The zero-order valence-electron chi connectivity index (χ0n) is 12.2. The van der Waals surface area contributed by atoms with Crippen LogP contribution >= 0.6 is 0 Å². The molecule has 1 heterocycles. The molecule has 21 heavy (non-hydrogen) atoms. The summed E-state index contributed by atoms with van der Waals surface area (Å²) >= 11 is 0. The van der Waals surface area contributed by atoms with Gasteiger partial charge in [0.15, 0.2) is 0 Å². The topological polar surface area (TPSA) is 53.6 Å². The standard InChI is InChI=1S/C17H20N4/c1-13(15-7-5-14(11-18)6-8-15)20-16-3-2-4-17(16)21-10-9-19-12-21/h5-10,12-13,16-17,20H,2-4H2,1H3. The van der Waals surface area contributed by atoms with E-state index in [2.05, 4.69) is 34.1 Å². The highest BCUT2D eigenvalue weighted by Gasteiger charge is 2.29. The van der Waals surface area contributed by atoms with Crippen molar-refractivity contribution >= 4 is 0 Å². The number of nitriles is 1. The van der Waals surface area contributed by atoms with Gasteiger partial charge in [0.05, 0.1) is 18.0 Å². The quantitative estimate of drug-likeness (QED) is 0.935. The van der Waals surface area contributed by atoms with Crippen LogP contribution in [0, 0.1) is 11.3 Å². The van der Waals surface area contributed by atoms with Gasteiger partial charge >= 0.3 is 0 Å². The fraction of sp³-hybridized carbons (Fsp3) is 0.412. The Morgan fingerprint density at radius 2 is 2.14 bits per heavy atom. The minimum atomic E-state index is 0.284. The molecule has 1 aliphatic carbocycles. The number of rotatable bonds is 4. The molecule has 1 aromatic carbocycles. The summed E-state index contributed by atoms with van der Waals surface area (Å²) in [7, 11) is 0. The summed E-state index contributed by atoms with van der Waals surface area (Å²) < 4.78 is 2.22. The molecule has 0 amide bonds. The Labute approximate surface area is 125 Å². The normalized spacial score (nSPS) is 22.9. The molecule has 1 aromatic heterocycles. The maximum Gasteiger partial charge on any atom is 0.0991 e. The Bertz CT molecular complexity index is 609. The van der Waals surface area contributed by atoms with E-state index in [-0.39, 0.29) is 6.04 Å². The predicted octanol–water partition coefficient (Wildman–Crippen LogP) is 3.20. The van der Waals surface area contributed by atoms with E-state index in [9.17, 15) is 0 Å². The second-order valence-electron chi connectivity index (χ2n) is 5.74. The molecule has 4 heteroatoms. The van der Waals surface area contributed by atoms with E-state index in [1.165, 1.54) is 24.8 Å². The third-order valence-electron chi connectivity index (χ3n) is 4.39. The van der Waals surface area contributed by atoms with Gasteiger partial charge in [0.1, 0.15) is 0 Å². The van der Waals surface area contributed by atoms with Gasteiger partial charge in [0.2, 0.25) is 0 Å². The molecule has 1 fully saturated rings. The van der Waals surface area contributed by atoms with Crippen LogP contribution in [0.3, 0.4) is 0 Å². The molecule has 108 valence electrons. The first-order valence-electron chi connectivity index (χ1n) is 7.51. The Morgan fingerprint density at radius 3 is 2.81 bits per heavy atom. The van der Waals surface area contributed by atoms with Crippen molar-refractivity contribution in [1.29, 1.82) is 5.26 Å². The van der Waals surface area contributed by atoms with Crippen molar-refractivity contribution < 1.29 is 0 Å². The number of benzene rings is 1. The first-order chi connectivity index (χ1) is 10.3. The van der Waals surface area contributed by atoms with E-state index >= 15 is 0 Å². The zero-order valence-corrected chi connectivity index (χ0v) is 12.2. The maximum absolute atomic E-state index is 8.86. The third kappa shape index (κ3) is 2.98. The molecule has 2 aromatic rings. The molecule has 1 aliphatic rings. The zero-order chi connectivity index (χ0) is 14.7. The van der Waals surface area contributed by atoms with Crippen molar-refractivity contribution in [1.82, 2.24) is 14.9 Å². The van der Waals surface area contributed by atoms with Crippen molar-refractivity contribution in [3.8, 4) is 6.07 Å². The smallest absolute Gasteiger partial charge is 0.0991 e. The van der Waals surface area contributed by atoms with Crippen LogP contribution in [0.1, 0.15) is 49.4 Å². The number of hydrogen-bond acceptors (Lipinski definition) is 3. The summed E-state index contributed by atoms with van der Waals surface area (Å²) in [5, 5.41) is 12.6. The van der Waals surface area contributed by atoms with Gasteiger partial charge in [-0.25, -0.2) is 4.98 Å². The van der Waals surface area contributed by atoms with E-state index < -0.39 is 0 Å². The number of nitrogens with one attached hydrogen (secondary N) is 1. The van der Waals surface area contributed by atoms with Gasteiger partial charge in [-0.3, -0.25) is 0 Å². The maximum atomic E-state index is 8.86. The van der Waals surface area contributed by atoms with Crippen LogP contribution < -0.4 is 5.32 Å². The molecule has 0 radical (unpaired) electrons. The third-order valence-corrected chi connectivity index (χ3v) is 4.39. The van der Waals surface area contributed by atoms with Gasteiger partial charge in [-0.15, -0.1) is 0 Å². The second kappa shape index (κ2) is 6.11. The van der Waals surface area contributed by atoms with Gasteiger partial charge < -0.3 is 9.88 Å². The summed E-state index contributed by atoms with van der Waals surface area (Å²) in [6.45, 7) is 2.19. The molecule has 0 saturated heterocycles. The van der Waals surface area contributed by atoms with Crippen LogP contribution in [0.15, 0.2) is 43.0 Å². The highest BCUT2D eigenvalue weighted by molar-refractivity contribution is 5.32. The number of imidazole rings is 1. The van der Waals surface area contributed by atoms with Crippen molar-refractivity contribution in [3.63, 3.8) is 0 Å². The summed E-state index contributed by atoms with van der Waals surface area (Å²) in [6, 6.07) is 11.3. The Hall–Kier alpha value is -2.12. The van der Waals surface area contributed by atoms with E-state index in [1.807, 2.05) is 36.8 Å². The van der Waals surface area contributed by atoms with E-state index in [0.29, 0.717) is 17.6 Å². The summed E-state index contributed by atoms with van der Waals surface area (Å²) in [4.78, 5) is 4.16. The van der Waals surface area contributed by atoms with Gasteiger partial charge in [-0.1, -0.05) is 12.1 Å². The fourth-order valence-electron chi connectivity index (χ4n) is 3.22. The molecule has 0 bridgehead atoms. The lowest BCUT2D eigenvalue weighted by molar-refractivity contribution is 0.362. The molecule has 0 aliphatic heterocycles. The van der Waals surface area contributed by atoms with Crippen molar-refractivity contribution in [2.45, 2.75) is 44.3 Å². The van der Waals surface area contributed by atoms with Gasteiger partial charge in [-0.05, 0) is 43.9 Å². The van der Waals surface area contributed by atoms with Gasteiger partial charge in [-0.2, -0.15) is 5.26 Å². The van der Waals surface area contributed by atoms with Crippen LogP contribution in [-0.4, -0.2) is 15.6 Å². The van der Waals surface area contributed by atoms with Crippen LogP contribution in [-0.2, 0) is 0 Å². The molecule has 3 atom stereocenters. The van der Waals surface area contributed by atoms with E-state index in [0.717, 1.165) is 0 Å². The molecule has 3 unspecified atom stereocenters. The highest BCUT2D eigenvalue weighted by atomic mass is 15.1. The first kappa shape index (κ1) is 13.8. The monoisotopic (exact) mass is 280 g/mol. The lowest BCUT2D eigenvalue weighted by atomic mass is 10.0. The van der Waals surface area contributed by atoms with Crippen LogP contribution in [0.4, 0.5) is 0 Å². The summed E-state index contributed by atoms with van der Waals surface area (Å²) in [5.41, 5.74) is 1.94. The number of hydrogen-bond donors (Lipinski definition) is 1. The Kier molecular flexibility index (Phi) is 4.03. The minimum Gasteiger partial charge on any atom is -0.333 e. The largest absolute Gasteiger partial charge is 0.333 e. The highest BCUT2D eigenvalue weighted by Crippen LogP contribution is 2.31. The Balaban J connectivity index is 1.68. The van der Waals surface area contributed by atoms with Crippen LogP contribution in [0.2, 0.25) is 0 Å². The molecular weight excluding hydrogens is 260 g/mol. The SMILES string of the molecule is CC(NC1CCCC1n1ccnc1)c1ccc(C#N)cc1. The van der Waals surface area contributed by atoms with E-state index in [1.54, 1.807) is 0 Å². The lowest BCUT2D eigenvalue weighted by Crippen LogP contribution is -2.35. The molecule has 1 N–H and O–H groups in total. The van der Waals surface area contributed by atoms with Gasteiger partial charge in [0, 0.05) is 30.5 Å². The second-order valence-corrected chi connectivity index (χ2v) is 5.74. The number of nitrogens with zero attached hydrogens (tertiary/aromatic N) is 3. The molecule has 4 nitrogen and oxygen atoms in total. The van der Waals surface area contributed by atoms with Crippen molar-refractivity contribution in [2.75, 3.05) is 0 Å². The average molecular weight is 280 g/mol. The van der Waals surface area contributed by atoms with Crippen LogP contribution in [0.25, 0.3) is 0 Å². The first-order valence-corrected chi connectivity index (χ1v) is 7.51. The molecule has 0 spiro atoms. The summed E-state index contributed by atoms with van der Waals surface area (Å²) in [6.07, 6.45) is 9.46.